The monoisotopic (exact) mass is 380 g/mol. The topological polar surface area (TPSA) is 90.9 Å². The molecule has 0 heterocycles. The fraction of sp³-hybridized carbons (Fsp3) is 0.0588. The van der Waals surface area contributed by atoms with Crippen LogP contribution >= 0.6 is 11.6 Å². The van der Waals surface area contributed by atoms with Crippen LogP contribution in [0, 0.1) is 11.3 Å². The molecule has 0 radical (unpaired) electrons. The summed E-state index contributed by atoms with van der Waals surface area (Å²) in [6, 6.07) is 10.7. The lowest BCUT2D eigenvalue weighted by molar-refractivity contribution is -0.136. The van der Waals surface area contributed by atoms with Crippen LogP contribution in [0.2, 0.25) is 5.02 Å². The highest BCUT2D eigenvalue weighted by Gasteiger charge is 2.33. The first-order valence-corrected chi connectivity index (χ1v) is 7.49. The molecule has 0 unspecified atom stereocenters. The Morgan fingerprint density at radius 1 is 1.19 bits per heavy atom. The average molecular weight is 381 g/mol. The molecule has 0 spiro atoms. The van der Waals surface area contributed by atoms with Crippen LogP contribution in [0.5, 0.6) is 0 Å². The molecule has 0 aliphatic carbocycles. The largest absolute Gasteiger partial charge is 0.418 e. The second kappa shape index (κ2) is 7.80. The molecule has 2 aromatic rings. The van der Waals surface area contributed by atoms with E-state index in [1.165, 1.54) is 36.4 Å². The van der Waals surface area contributed by atoms with Gasteiger partial charge >= 0.3 is 6.18 Å². The quantitative estimate of drug-likeness (QED) is 0.416. The molecule has 2 rings (SSSR count). The van der Waals surface area contributed by atoms with Gasteiger partial charge in [0, 0.05) is 11.9 Å². The van der Waals surface area contributed by atoms with Gasteiger partial charge in [0.1, 0.15) is 11.6 Å². The maximum Gasteiger partial charge on any atom is 0.418 e. The summed E-state index contributed by atoms with van der Waals surface area (Å²) in [6.45, 7) is 0. The molecule has 5 nitrogen and oxygen atoms in total. The molecule has 0 atom stereocenters. The van der Waals surface area contributed by atoms with Crippen molar-refractivity contribution in [3.05, 3.63) is 64.8 Å². The van der Waals surface area contributed by atoms with E-state index in [2.05, 4.69) is 10.6 Å². The summed E-state index contributed by atoms with van der Waals surface area (Å²) in [6.07, 6.45) is -3.69. The summed E-state index contributed by atoms with van der Waals surface area (Å²) in [5.41, 5.74) is 4.50. The molecule has 0 aliphatic rings. The third-order valence-electron chi connectivity index (χ3n) is 3.21. The van der Waals surface area contributed by atoms with Crippen LogP contribution in [-0.2, 0) is 11.0 Å². The highest BCUT2D eigenvalue weighted by Crippen LogP contribution is 2.34. The summed E-state index contributed by atoms with van der Waals surface area (Å²) < 4.78 is 38.8. The molecule has 1 amide bonds. The lowest BCUT2D eigenvalue weighted by Crippen LogP contribution is -2.15. The van der Waals surface area contributed by atoms with E-state index in [0.717, 1.165) is 12.3 Å². The van der Waals surface area contributed by atoms with Gasteiger partial charge in [-0.3, -0.25) is 4.79 Å². The van der Waals surface area contributed by atoms with Gasteiger partial charge in [-0.1, -0.05) is 23.7 Å². The van der Waals surface area contributed by atoms with Crippen molar-refractivity contribution in [2.75, 3.05) is 16.4 Å². The number of nitrogens with zero attached hydrogens (tertiary/aromatic N) is 1. The number of carbonyl (C=O) groups is 1. The number of hydrogen-bond acceptors (Lipinski definition) is 4. The number of nitrogens with one attached hydrogen (secondary N) is 2. The van der Waals surface area contributed by atoms with E-state index in [0.29, 0.717) is 5.69 Å². The van der Waals surface area contributed by atoms with Gasteiger partial charge in [0.15, 0.2) is 0 Å². The molecule has 0 aliphatic heterocycles. The third kappa shape index (κ3) is 4.68. The van der Waals surface area contributed by atoms with Crippen LogP contribution in [0.4, 0.5) is 30.2 Å². The number of nitrogens with two attached hydrogens (primary N) is 1. The van der Waals surface area contributed by atoms with Crippen LogP contribution in [0.3, 0.4) is 0 Å². The van der Waals surface area contributed by atoms with E-state index in [-0.39, 0.29) is 16.4 Å². The molecule has 0 saturated heterocycles. The number of hydrogen-bond donors (Lipinski definition) is 3. The number of para-hydroxylation sites is 1. The van der Waals surface area contributed by atoms with Gasteiger partial charge in [0.2, 0.25) is 0 Å². The molecular formula is C17H12ClF3N4O. The summed E-state index contributed by atoms with van der Waals surface area (Å²) in [4.78, 5) is 12.1. The molecule has 0 saturated carbocycles. The van der Waals surface area contributed by atoms with Gasteiger partial charge in [-0.15, -0.1) is 0 Å². The summed E-state index contributed by atoms with van der Waals surface area (Å²) in [5.74, 6) is -0.837. The fourth-order valence-electron chi connectivity index (χ4n) is 1.98. The predicted molar refractivity (Wildman–Crippen MR) is 93.3 cm³/mol. The van der Waals surface area contributed by atoms with Gasteiger partial charge in [0.25, 0.3) is 5.91 Å². The molecule has 134 valence electrons. The minimum absolute atomic E-state index is 0.158. The van der Waals surface area contributed by atoms with Gasteiger partial charge in [0.05, 0.1) is 22.0 Å². The van der Waals surface area contributed by atoms with Crippen molar-refractivity contribution < 1.29 is 18.0 Å². The molecule has 0 bridgehead atoms. The SMILES string of the molecule is N#C/C(=C/Nc1ccccc1C(F)(F)F)C(=O)Nc1ccc(N)cc1Cl. The Hall–Kier alpha value is -3.18. The summed E-state index contributed by atoms with van der Waals surface area (Å²) in [7, 11) is 0. The number of rotatable bonds is 4. The Morgan fingerprint density at radius 3 is 2.50 bits per heavy atom. The van der Waals surface area contributed by atoms with E-state index in [9.17, 15) is 18.0 Å². The second-order valence-electron chi connectivity index (χ2n) is 5.05. The van der Waals surface area contributed by atoms with Gasteiger partial charge < -0.3 is 16.4 Å². The number of benzene rings is 2. The zero-order valence-electron chi connectivity index (χ0n) is 13.1. The number of carbonyl (C=O) groups excluding carboxylic acids is 1. The summed E-state index contributed by atoms with van der Waals surface area (Å²) in [5, 5.41) is 14.0. The van der Waals surface area contributed by atoms with Gasteiger partial charge in [-0.2, -0.15) is 18.4 Å². The second-order valence-corrected chi connectivity index (χ2v) is 5.46. The van der Waals surface area contributed by atoms with Crippen molar-refractivity contribution in [3.63, 3.8) is 0 Å². The molecule has 26 heavy (non-hydrogen) atoms. The van der Waals surface area contributed by atoms with Crippen molar-refractivity contribution in [2.24, 2.45) is 0 Å². The van der Waals surface area contributed by atoms with Crippen molar-refractivity contribution in [3.8, 4) is 6.07 Å². The lowest BCUT2D eigenvalue weighted by atomic mass is 10.1. The van der Waals surface area contributed by atoms with Crippen molar-refractivity contribution in [2.45, 2.75) is 6.18 Å². The van der Waals surface area contributed by atoms with E-state index in [1.807, 2.05) is 0 Å². The Balaban J connectivity index is 2.21. The van der Waals surface area contributed by atoms with Crippen LogP contribution in [0.25, 0.3) is 0 Å². The number of nitrogen functional groups attached to an aromatic ring is 1. The Morgan fingerprint density at radius 2 is 1.88 bits per heavy atom. The lowest BCUT2D eigenvalue weighted by Gasteiger charge is -2.12. The maximum absolute atomic E-state index is 12.9. The minimum Gasteiger partial charge on any atom is -0.399 e. The smallest absolute Gasteiger partial charge is 0.399 e. The highest BCUT2D eigenvalue weighted by molar-refractivity contribution is 6.34. The number of halogens is 4. The molecule has 0 aromatic heterocycles. The van der Waals surface area contributed by atoms with Crippen LogP contribution < -0.4 is 16.4 Å². The van der Waals surface area contributed by atoms with Gasteiger partial charge in [-0.05, 0) is 30.3 Å². The zero-order valence-corrected chi connectivity index (χ0v) is 13.8. The first-order chi connectivity index (χ1) is 12.2. The van der Waals surface area contributed by atoms with Crippen LogP contribution in [0.1, 0.15) is 5.56 Å². The maximum atomic E-state index is 12.9. The third-order valence-corrected chi connectivity index (χ3v) is 3.52. The fourth-order valence-corrected chi connectivity index (χ4v) is 2.21. The summed E-state index contributed by atoms with van der Waals surface area (Å²) >= 11 is 5.93. The first-order valence-electron chi connectivity index (χ1n) is 7.12. The Labute approximate surface area is 151 Å². The standard InChI is InChI=1S/C17H12ClF3N4O/c18-13-7-11(23)5-6-15(13)25-16(26)10(8-22)9-24-14-4-2-1-3-12(14)17(19,20)21/h1-7,9,24H,23H2,(H,25,26)/b10-9-. The van der Waals surface area contributed by atoms with Crippen molar-refractivity contribution in [1.82, 2.24) is 0 Å². The molecule has 2 aromatic carbocycles. The highest BCUT2D eigenvalue weighted by atomic mass is 35.5. The normalized spacial score (nSPS) is 11.6. The number of alkyl halides is 3. The van der Waals surface area contributed by atoms with Gasteiger partial charge in [-0.25, -0.2) is 0 Å². The Bertz CT molecular complexity index is 904. The zero-order chi connectivity index (χ0) is 19.3. The Kier molecular flexibility index (Phi) is 5.75. The molecule has 4 N–H and O–H groups in total. The first kappa shape index (κ1) is 19.1. The van der Waals surface area contributed by atoms with Crippen LogP contribution in [-0.4, -0.2) is 5.91 Å². The minimum atomic E-state index is -4.58. The van der Waals surface area contributed by atoms with E-state index < -0.39 is 23.2 Å². The molecule has 9 heteroatoms. The van der Waals surface area contributed by atoms with E-state index >= 15 is 0 Å². The molecular weight excluding hydrogens is 369 g/mol. The number of amides is 1. The average Bonchev–Trinajstić information content (AvgIpc) is 2.57. The number of nitriles is 1. The van der Waals surface area contributed by atoms with E-state index in [4.69, 9.17) is 22.6 Å². The van der Waals surface area contributed by atoms with Crippen LogP contribution in [0.15, 0.2) is 54.2 Å². The van der Waals surface area contributed by atoms with Crippen molar-refractivity contribution >= 4 is 34.6 Å². The van der Waals surface area contributed by atoms with E-state index in [1.54, 1.807) is 6.07 Å². The predicted octanol–water partition coefficient (Wildman–Crippen LogP) is 4.40. The molecule has 0 fully saturated rings. The van der Waals surface area contributed by atoms with Crippen molar-refractivity contribution in [1.29, 1.82) is 5.26 Å². The number of anilines is 3.